The molecule has 0 fully saturated rings. The van der Waals surface area contributed by atoms with Crippen LogP contribution in [-0.4, -0.2) is 28.4 Å². The molecule has 0 radical (unpaired) electrons. The van der Waals surface area contributed by atoms with E-state index in [9.17, 15) is 14.0 Å². The van der Waals surface area contributed by atoms with E-state index < -0.39 is 5.97 Å². The fraction of sp³-hybridized carbons (Fsp3) is 0.263. The van der Waals surface area contributed by atoms with E-state index in [1.54, 1.807) is 17.0 Å². The third-order valence-electron chi connectivity index (χ3n) is 3.63. The van der Waals surface area contributed by atoms with Crippen molar-refractivity contribution in [1.82, 2.24) is 4.90 Å². The Kier molecular flexibility index (Phi) is 6.49. The van der Waals surface area contributed by atoms with E-state index in [4.69, 9.17) is 5.11 Å². The van der Waals surface area contributed by atoms with Gasteiger partial charge in [-0.25, -0.2) is 4.39 Å². The predicted molar refractivity (Wildman–Crippen MR) is 88.8 cm³/mol. The summed E-state index contributed by atoms with van der Waals surface area (Å²) in [4.78, 5) is 24.9. The Bertz CT molecular complexity index is 688. The normalized spacial score (nSPS) is 10.4. The maximum atomic E-state index is 13.3. The van der Waals surface area contributed by atoms with Crippen LogP contribution in [0.5, 0.6) is 0 Å². The standard InChI is InChI=1S/C19H20FNO3/c20-17-9-4-8-16(12-17)13-18(22)21(11-5-10-19(23)24)14-15-6-2-1-3-7-15/h1-4,6-9,12H,5,10-11,13-14H2,(H,23,24). The van der Waals surface area contributed by atoms with Gasteiger partial charge in [0.25, 0.3) is 0 Å². The van der Waals surface area contributed by atoms with Gasteiger partial charge < -0.3 is 10.0 Å². The predicted octanol–water partition coefficient (Wildman–Crippen LogP) is 3.26. The summed E-state index contributed by atoms with van der Waals surface area (Å²) in [6, 6.07) is 15.5. The molecule has 24 heavy (non-hydrogen) atoms. The molecule has 0 aromatic heterocycles. The van der Waals surface area contributed by atoms with E-state index in [2.05, 4.69) is 0 Å². The molecule has 0 unspecified atom stereocenters. The van der Waals surface area contributed by atoms with E-state index in [0.717, 1.165) is 5.56 Å². The van der Waals surface area contributed by atoms with Crippen molar-refractivity contribution in [3.8, 4) is 0 Å². The minimum atomic E-state index is -0.882. The molecule has 0 atom stereocenters. The van der Waals surface area contributed by atoms with Gasteiger partial charge in [0, 0.05) is 19.5 Å². The quantitative estimate of drug-likeness (QED) is 0.809. The molecular formula is C19H20FNO3. The van der Waals surface area contributed by atoms with Crippen LogP contribution < -0.4 is 0 Å². The smallest absolute Gasteiger partial charge is 0.303 e. The van der Waals surface area contributed by atoms with Gasteiger partial charge in [-0.15, -0.1) is 0 Å². The lowest BCUT2D eigenvalue weighted by molar-refractivity contribution is -0.138. The molecular weight excluding hydrogens is 309 g/mol. The fourth-order valence-corrected chi connectivity index (χ4v) is 2.45. The van der Waals surface area contributed by atoms with E-state index in [1.165, 1.54) is 12.1 Å². The van der Waals surface area contributed by atoms with Crippen molar-refractivity contribution in [3.05, 3.63) is 71.5 Å². The largest absolute Gasteiger partial charge is 0.481 e. The summed E-state index contributed by atoms with van der Waals surface area (Å²) in [6.45, 7) is 0.768. The molecule has 2 rings (SSSR count). The van der Waals surface area contributed by atoms with E-state index >= 15 is 0 Å². The van der Waals surface area contributed by atoms with Crippen LogP contribution in [-0.2, 0) is 22.6 Å². The average molecular weight is 329 g/mol. The highest BCUT2D eigenvalue weighted by molar-refractivity contribution is 5.78. The molecule has 0 aliphatic heterocycles. The van der Waals surface area contributed by atoms with Gasteiger partial charge in [-0.3, -0.25) is 9.59 Å². The topological polar surface area (TPSA) is 57.6 Å². The summed E-state index contributed by atoms with van der Waals surface area (Å²) in [5.74, 6) is -1.40. The second-order valence-electron chi connectivity index (χ2n) is 5.60. The highest BCUT2D eigenvalue weighted by atomic mass is 19.1. The van der Waals surface area contributed by atoms with E-state index in [1.807, 2.05) is 30.3 Å². The van der Waals surface area contributed by atoms with Crippen molar-refractivity contribution < 1.29 is 19.1 Å². The number of carbonyl (C=O) groups excluding carboxylic acids is 1. The number of benzene rings is 2. The minimum Gasteiger partial charge on any atom is -0.481 e. The van der Waals surface area contributed by atoms with Crippen LogP contribution in [0.3, 0.4) is 0 Å². The summed E-state index contributed by atoms with van der Waals surface area (Å²) in [5.41, 5.74) is 1.58. The Morgan fingerprint density at radius 2 is 1.71 bits per heavy atom. The van der Waals surface area contributed by atoms with Gasteiger partial charge >= 0.3 is 5.97 Å². The van der Waals surface area contributed by atoms with Crippen molar-refractivity contribution in [2.75, 3.05) is 6.54 Å². The number of carboxylic acids is 1. The van der Waals surface area contributed by atoms with Crippen LogP contribution in [0.4, 0.5) is 4.39 Å². The Labute approximate surface area is 140 Å². The number of carboxylic acid groups (broad SMARTS) is 1. The number of carbonyl (C=O) groups is 2. The molecule has 0 saturated heterocycles. The zero-order valence-electron chi connectivity index (χ0n) is 13.3. The van der Waals surface area contributed by atoms with Gasteiger partial charge in [0.05, 0.1) is 6.42 Å². The molecule has 0 aliphatic rings. The lowest BCUT2D eigenvalue weighted by Gasteiger charge is -2.23. The molecule has 0 spiro atoms. The first kappa shape index (κ1) is 17.7. The zero-order valence-corrected chi connectivity index (χ0v) is 13.3. The van der Waals surface area contributed by atoms with Gasteiger partial charge in [0.15, 0.2) is 0 Å². The van der Waals surface area contributed by atoms with Crippen LogP contribution in [0.2, 0.25) is 0 Å². The summed E-state index contributed by atoms with van der Waals surface area (Å²) in [6.07, 6.45) is 0.493. The molecule has 1 N–H and O–H groups in total. The van der Waals surface area contributed by atoms with Crippen molar-refractivity contribution in [3.63, 3.8) is 0 Å². The van der Waals surface area contributed by atoms with Gasteiger partial charge in [-0.1, -0.05) is 42.5 Å². The second-order valence-corrected chi connectivity index (χ2v) is 5.60. The molecule has 1 amide bonds. The van der Waals surface area contributed by atoms with Crippen LogP contribution in [0.1, 0.15) is 24.0 Å². The SMILES string of the molecule is O=C(O)CCCN(Cc1ccccc1)C(=O)Cc1cccc(F)c1. The molecule has 2 aromatic rings. The molecule has 0 saturated carbocycles. The highest BCUT2D eigenvalue weighted by Gasteiger charge is 2.15. The van der Waals surface area contributed by atoms with Crippen molar-refractivity contribution in [2.45, 2.75) is 25.8 Å². The van der Waals surface area contributed by atoms with E-state index in [-0.39, 0.29) is 24.6 Å². The third kappa shape index (κ3) is 5.83. The Morgan fingerprint density at radius 3 is 2.38 bits per heavy atom. The van der Waals surface area contributed by atoms with Crippen molar-refractivity contribution >= 4 is 11.9 Å². The maximum Gasteiger partial charge on any atom is 0.303 e. The number of nitrogens with zero attached hydrogens (tertiary/aromatic N) is 1. The van der Waals surface area contributed by atoms with Gasteiger partial charge in [-0.05, 0) is 29.7 Å². The third-order valence-corrected chi connectivity index (χ3v) is 3.63. The maximum absolute atomic E-state index is 13.3. The lowest BCUT2D eigenvalue weighted by atomic mass is 10.1. The Balaban J connectivity index is 2.05. The second kappa shape index (κ2) is 8.82. The Hall–Kier alpha value is -2.69. The number of halogens is 1. The summed E-state index contributed by atoms with van der Waals surface area (Å²) >= 11 is 0. The number of hydrogen-bond donors (Lipinski definition) is 1. The number of amides is 1. The van der Waals surface area contributed by atoms with Gasteiger partial charge in [0.2, 0.25) is 5.91 Å². The number of hydrogen-bond acceptors (Lipinski definition) is 2. The lowest BCUT2D eigenvalue weighted by Crippen LogP contribution is -2.33. The van der Waals surface area contributed by atoms with Crippen molar-refractivity contribution in [1.29, 1.82) is 0 Å². The number of rotatable bonds is 8. The van der Waals surface area contributed by atoms with Crippen LogP contribution >= 0.6 is 0 Å². The average Bonchev–Trinajstić information content (AvgIpc) is 2.54. The first-order chi connectivity index (χ1) is 11.5. The molecule has 2 aromatic carbocycles. The summed E-state index contributed by atoms with van der Waals surface area (Å²) in [5, 5.41) is 8.78. The first-order valence-corrected chi connectivity index (χ1v) is 7.82. The summed E-state index contributed by atoms with van der Waals surface area (Å²) < 4.78 is 13.3. The fourth-order valence-electron chi connectivity index (χ4n) is 2.45. The van der Waals surface area contributed by atoms with Gasteiger partial charge in [-0.2, -0.15) is 0 Å². The Morgan fingerprint density at radius 1 is 1.00 bits per heavy atom. The van der Waals surface area contributed by atoms with Gasteiger partial charge in [0.1, 0.15) is 5.82 Å². The molecule has 0 heterocycles. The minimum absolute atomic E-state index is 0.0124. The molecule has 5 heteroatoms. The monoisotopic (exact) mass is 329 g/mol. The first-order valence-electron chi connectivity index (χ1n) is 7.82. The number of aliphatic carboxylic acids is 1. The van der Waals surface area contributed by atoms with Crippen LogP contribution in [0.25, 0.3) is 0 Å². The molecule has 0 bridgehead atoms. The molecule has 4 nitrogen and oxygen atoms in total. The van der Waals surface area contributed by atoms with E-state index in [0.29, 0.717) is 25.1 Å². The molecule has 0 aliphatic carbocycles. The zero-order chi connectivity index (χ0) is 17.4. The van der Waals surface area contributed by atoms with Crippen molar-refractivity contribution in [2.24, 2.45) is 0 Å². The summed E-state index contributed by atoms with van der Waals surface area (Å²) in [7, 11) is 0. The van der Waals surface area contributed by atoms with Crippen LogP contribution in [0.15, 0.2) is 54.6 Å². The highest BCUT2D eigenvalue weighted by Crippen LogP contribution is 2.11. The molecule has 126 valence electrons. The van der Waals surface area contributed by atoms with Crippen LogP contribution in [0, 0.1) is 5.82 Å².